The van der Waals surface area contributed by atoms with Gasteiger partial charge < -0.3 is 16.0 Å². The summed E-state index contributed by atoms with van der Waals surface area (Å²) in [6, 6.07) is 16.1. The minimum absolute atomic E-state index is 0.0752. The first-order chi connectivity index (χ1) is 11.1. The molecule has 0 aromatic heterocycles. The van der Waals surface area contributed by atoms with Crippen LogP contribution in [0, 0.1) is 0 Å². The Kier molecular flexibility index (Phi) is 6.44. The topological polar surface area (TPSA) is 70.2 Å². The molecule has 3 amide bonds. The van der Waals surface area contributed by atoms with Crippen LogP contribution < -0.4 is 16.0 Å². The molecule has 2 aromatic rings. The molecule has 0 saturated carbocycles. The lowest BCUT2D eigenvalue weighted by Gasteiger charge is -2.08. The van der Waals surface area contributed by atoms with Crippen LogP contribution in [0.4, 0.5) is 10.5 Å². The van der Waals surface area contributed by atoms with Crippen molar-refractivity contribution in [2.45, 2.75) is 6.42 Å². The number of nitrogens with one attached hydrogen (secondary N) is 3. The Balaban J connectivity index is 1.64. The van der Waals surface area contributed by atoms with Crippen molar-refractivity contribution in [3.63, 3.8) is 0 Å². The molecule has 0 fully saturated rings. The van der Waals surface area contributed by atoms with Crippen LogP contribution in [0.25, 0.3) is 0 Å². The lowest BCUT2D eigenvalue weighted by Crippen LogP contribution is -2.39. The smallest absolute Gasteiger partial charge is 0.319 e. The Morgan fingerprint density at radius 1 is 0.957 bits per heavy atom. The van der Waals surface area contributed by atoms with Gasteiger partial charge in [0.05, 0.1) is 6.54 Å². The summed E-state index contributed by atoms with van der Waals surface area (Å²) in [5, 5.41) is 8.57. The fraction of sp³-hybridized carbons (Fsp3) is 0.176. The predicted molar refractivity (Wildman–Crippen MR) is 91.6 cm³/mol. The van der Waals surface area contributed by atoms with Crippen molar-refractivity contribution in [1.82, 2.24) is 10.6 Å². The molecule has 0 radical (unpaired) electrons. The van der Waals surface area contributed by atoms with Crippen molar-refractivity contribution in [2.75, 3.05) is 18.4 Å². The molecule has 0 atom stereocenters. The number of hydrogen-bond acceptors (Lipinski definition) is 2. The summed E-state index contributed by atoms with van der Waals surface area (Å²) in [7, 11) is 0. The van der Waals surface area contributed by atoms with Crippen LogP contribution in [0.1, 0.15) is 5.56 Å². The van der Waals surface area contributed by atoms with Crippen molar-refractivity contribution in [3.05, 3.63) is 65.2 Å². The van der Waals surface area contributed by atoms with Gasteiger partial charge in [0.1, 0.15) is 0 Å². The standard InChI is InChI=1S/C17H18ClN3O2/c18-14-6-4-5-13(11-14)9-10-19-16(22)12-20-17(23)21-15-7-2-1-3-8-15/h1-8,11H,9-10,12H2,(H,19,22)(H2,20,21,23). The highest BCUT2D eigenvalue weighted by molar-refractivity contribution is 6.30. The van der Waals surface area contributed by atoms with Gasteiger partial charge in [0.2, 0.25) is 5.91 Å². The number of carbonyl (C=O) groups is 2. The van der Waals surface area contributed by atoms with E-state index in [2.05, 4.69) is 16.0 Å². The van der Waals surface area contributed by atoms with Crippen LogP contribution in [0.15, 0.2) is 54.6 Å². The normalized spacial score (nSPS) is 9.96. The van der Waals surface area contributed by atoms with Crippen LogP contribution in [-0.2, 0) is 11.2 Å². The van der Waals surface area contributed by atoms with Crippen LogP contribution >= 0.6 is 11.6 Å². The third kappa shape index (κ3) is 6.40. The molecule has 0 bridgehead atoms. The van der Waals surface area contributed by atoms with E-state index in [0.717, 1.165) is 5.56 Å². The van der Waals surface area contributed by atoms with Gasteiger partial charge in [0, 0.05) is 17.3 Å². The molecule has 0 saturated heterocycles. The average molecular weight is 332 g/mol. The number of benzene rings is 2. The molecule has 0 aliphatic carbocycles. The maximum Gasteiger partial charge on any atom is 0.319 e. The Morgan fingerprint density at radius 2 is 1.74 bits per heavy atom. The number of hydrogen-bond donors (Lipinski definition) is 3. The predicted octanol–water partition coefficient (Wildman–Crippen LogP) is 2.82. The minimum atomic E-state index is -0.416. The van der Waals surface area contributed by atoms with E-state index in [1.807, 2.05) is 36.4 Å². The molecule has 120 valence electrons. The quantitative estimate of drug-likeness (QED) is 0.761. The lowest BCUT2D eigenvalue weighted by atomic mass is 10.1. The van der Waals surface area contributed by atoms with Crippen LogP contribution in [0.2, 0.25) is 5.02 Å². The van der Waals surface area contributed by atoms with E-state index in [-0.39, 0.29) is 12.5 Å². The molecule has 0 aliphatic rings. The van der Waals surface area contributed by atoms with Gasteiger partial charge in [-0.15, -0.1) is 0 Å². The third-order valence-corrected chi connectivity index (χ3v) is 3.30. The minimum Gasteiger partial charge on any atom is -0.354 e. The third-order valence-electron chi connectivity index (χ3n) is 3.07. The number of rotatable bonds is 6. The molecule has 5 nitrogen and oxygen atoms in total. The summed E-state index contributed by atoms with van der Waals surface area (Å²) in [6.45, 7) is 0.412. The average Bonchev–Trinajstić information content (AvgIpc) is 2.54. The number of para-hydroxylation sites is 1. The number of carbonyl (C=O) groups excluding carboxylic acids is 2. The zero-order valence-electron chi connectivity index (χ0n) is 12.5. The maximum absolute atomic E-state index is 11.7. The van der Waals surface area contributed by atoms with Gasteiger partial charge in [-0.05, 0) is 36.2 Å². The maximum atomic E-state index is 11.7. The molecule has 0 unspecified atom stereocenters. The van der Waals surface area contributed by atoms with Crippen LogP contribution in [-0.4, -0.2) is 25.0 Å². The van der Waals surface area contributed by atoms with Gasteiger partial charge in [0.25, 0.3) is 0 Å². The van der Waals surface area contributed by atoms with E-state index >= 15 is 0 Å². The number of amides is 3. The van der Waals surface area contributed by atoms with Crippen molar-refractivity contribution in [3.8, 4) is 0 Å². The molecular weight excluding hydrogens is 314 g/mol. The molecule has 0 heterocycles. The second-order valence-electron chi connectivity index (χ2n) is 4.90. The molecular formula is C17H18ClN3O2. The molecule has 0 aliphatic heterocycles. The van der Waals surface area contributed by atoms with Gasteiger partial charge in [0.15, 0.2) is 0 Å². The molecule has 3 N–H and O–H groups in total. The molecule has 23 heavy (non-hydrogen) atoms. The van der Waals surface area contributed by atoms with E-state index in [1.165, 1.54) is 0 Å². The zero-order chi connectivity index (χ0) is 16.5. The van der Waals surface area contributed by atoms with Gasteiger partial charge >= 0.3 is 6.03 Å². The Labute approximate surface area is 140 Å². The van der Waals surface area contributed by atoms with E-state index in [1.54, 1.807) is 18.2 Å². The summed E-state index contributed by atoms with van der Waals surface area (Å²) in [5.74, 6) is -0.241. The first-order valence-electron chi connectivity index (χ1n) is 7.24. The summed E-state index contributed by atoms with van der Waals surface area (Å²) in [5.41, 5.74) is 1.72. The first-order valence-corrected chi connectivity index (χ1v) is 7.62. The van der Waals surface area contributed by atoms with Gasteiger partial charge in [-0.3, -0.25) is 4.79 Å². The molecule has 6 heteroatoms. The van der Waals surface area contributed by atoms with Gasteiger partial charge in [-0.1, -0.05) is 41.9 Å². The van der Waals surface area contributed by atoms with Gasteiger partial charge in [-0.25, -0.2) is 4.79 Å². The Bertz CT molecular complexity index is 662. The SMILES string of the molecule is O=C(CNC(=O)Nc1ccccc1)NCCc1cccc(Cl)c1. The van der Waals surface area contributed by atoms with Crippen molar-refractivity contribution >= 4 is 29.2 Å². The summed E-state index contributed by atoms with van der Waals surface area (Å²) in [4.78, 5) is 23.3. The van der Waals surface area contributed by atoms with Gasteiger partial charge in [-0.2, -0.15) is 0 Å². The second-order valence-corrected chi connectivity index (χ2v) is 5.34. The summed E-state index contributed by atoms with van der Waals surface area (Å²) < 4.78 is 0. The molecule has 0 spiro atoms. The molecule has 2 aromatic carbocycles. The van der Waals surface area contributed by atoms with Crippen molar-refractivity contribution in [1.29, 1.82) is 0 Å². The number of urea groups is 1. The second kappa shape index (κ2) is 8.80. The summed E-state index contributed by atoms with van der Waals surface area (Å²) in [6.07, 6.45) is 0.683. The van der Waals surface area contributed by atoms with E-state index in [0.29, 0.717) is 23.7 Å². The van der Waals surface area contributed by atoms with Crippen LogP contribution in [0.5, 0.6) is 0 Å². The zero-order valence-corrected chi connectivity index (χ0v) is 13.3. The van der Waals surface area contributed by atoms with Crippen molar-refractivity contribution < 1.29 is 9.59 Å². The highest BCUT2D eigenvalue weighted by atomic mass is 35.5. The highest BCUT2D eigenvalue weighted by Gasteiger charge is 2.05. The van der Waals surface area contributed by atoms with E-state index < -0.39 is 6.03 Å². The lowest BCUT2D eigenvalue weighted by molar-refractivity contribution is -0.120. The molecule has 2 rings (SSSR count). The van der Waals surface area contributed by atoms with Crippen molar-refractivity contribution in [2.24, 2.45) is 0 Å². The Hall–Kier alpha value is -2.53. The first kappa shape index (κ1) is 16.8. The van der Waals surface area contributed by atoms with E-state index in [9.17, 15) is 9.59 Å². The van der Waals surface area contributed by atoms with Crippen LogP contribution in [0.3, 0.4) is 0 Å². The highest BCUT2D eigenvalue weighted by Crippen LogP contribution is 2.10. The number of halogens is 1. The fourth-order valence-electron chi connectivity index (χ4n) is 1.96. The summed E-state index contributed by atoms with van der Waals surface area (Å²) >= 11 is 5.90. The number of anilines is 1. The largest absolute Gasteiger partial charge is 0.354 e. The Morgan fingerprint density at radius 3 is 2.48 bits per heavy atom. The monoisotopic (exact) mass is 331 g/mol. The fourth-order valence-corrected chi connectivity index (χ4v) is 2.17. The van der Waals surface area contributed by atoms with E-state index in [4.69, 9.17) is 11.6 Å².